The summed E-state index contributed by atoms with van der Waals surface area (Å²) >= 11 is 0. The smallest absolute Gasteiger partial charge is 0.492 e. The Morgan fingerprint density at radius 1 is 0.703 bits per heavy atom. The van der Waals surface area contributed by atoms with Crippen molar-refractivity contribution < 1.29 is 31.1 Å². The lowest BCUT2D eigenvalue weighted by molar-refractivity contribution is 0.00377. The zero-order chi connectivity index (χ0) is 27.5. The number of unbranched alkanes of at least 4 members (excludes halogenated alkanes) is 6. The Kier molecular flexibility index (Phi) is 11.8. The van der Waals surface area contributed by atoms with E-state index in [1.807, 2.05) is 0 Å². The number of ether oxygens (including phenoxy) is 2. The zero-order valence-electron chi connectivity index (χ0n) is 22.2. The standard InChI is InChI=1S/C27H38N2O6S2/c1-5-7-9-11-17-34-23-15-13-21(3)19-25(23)36(30,31)27(29-28)37(32,33)26-20-22(4)14-16-24(26)35-18-12-10-8-6-2/h13-16,19-20H,5-12,17-18H2,1-4H3. The molecule has 0 unspecified atom stereocenters. The Bertz CT molecular complexity index is 1220. The summed E-state index contributed by atoms with van der Waals surface area (Å²) in [7, 11) is -9.58. The number of benzene rings is 2. The molecule has 204 valence electrons. The summed E-state index contributed by atoms with van der Waals surface area (Å²) in [5, 5.41) is 0. The van der Waals surface area contributed by atoms with Crippen LogP contribution in [0.4, 0.5) is 0 Å². The van der Waals surface area contributed by atoms with Gasteiger partial charge in [-0.3, -0.25) is 0 Å². The second-order valence-corrected chi connectivity index (χ2v) is 13.0. The molecule has 2 rings (SSSR count). The van der Waals surface area contributed by atoms with E-state index >= 15 is 0 Å². The van der Waals surface area contributed by atoms with Gasteiger partial charge in [0, 0.05) is 0 Å². The molecule has 10 heteroatoms. The molecule has 8 nitrogen and oxygen atoms in total. The van der Waals surface area contributed by atoms with Crippen molar-refractivity contribution in [1.82, 2.24) is 0 Å². The quantitative estimate of drug-likeness (QED) is 0.0927. The van der Waals surface area contributed by atoms with Crippen LogP contribution in [0.5, 0.6) is 11.5 Å². The number of hydrogen-bond donors (Lipinski definition) is 0. The average Bonchev–Trinajstić information content (AvgIpc) is 2.85. The average molecular weight is 551 g/mol. The Morgan fingerprint density at radius 2 is 1.11 bits per heavy atom. The molecule has 0 radical (unpaired) electrons. The van der Waals surface area contributed by atoms with Gasteiger partial charge >= 0.3 is 4.38 Å². The van der Waals surface area contributed by atoms with Crippen molar-refractivity contribution in [2.24, 2.45) is 0 Å². The fourth-order valence-corrected chi connectivity index (χ4v) is 7.50. The molecule has 0 fully saturated rings. The first-order valence-corrected chi connectivity index (χ1v) is 15.7. The summed E-state index contributed by atoms with van der Waals surface area (Å²) in [5.74, 6) is 0.0187. The van der Waals surface area contributed by atoms with Gasteiger partial charge in [-0.2, -0.15) is 0 Å². The monoisotopic (exact) mass is 550 g/mol. The van der Waals surface area contributed by atoms with Gasteiger partial charge in [0.15, 0.2) is 0 Å². The highest BCUT2D eigenvalue weighted by atomic mass is 32.3. The Labute approximate surface area is 221 Å². The van der Waals surface area contributed by atoms with Crippen LogP contribution in [0.3, 0.4) is 0 Å². The van der Waals surface area contributed by atoms with Crippen molar-refractivity contribution in [2.75, 3.05) is 13.2 Å². The van der Waals surface area contributed by atoms with E-state index in [0.29, 0.717) is 11.1 Å². The zero-order valence-corrected chi connectivity index (χ0v) is 23.8. The molecule has 0 heterocycles. The van der Waals surface area contributed by atoms with Gasteiger partial charge in [-0.15, -0.1) is 4.79 Å². The molecule has 0 bridgehead atoms. The van der Waals surface area contributed by atoms with Gasteiger partial charge in [0.2, 0.25) is 0 Å². The normalized spacial score (nSPS) is 11.7. The minimum absolute atomic E-state index is 0.00934. The van der Waals surface area contributed by atoms with E-state index in [4.69, 9.17) is 9.47 Å². The van der Waals surface area contributed by atoms with Crippen LogP contribution in [0.15, 0.2) is 46.2 Å². The van der Waals surface area contributed by atoms with Crippen LogP contribution in [-0.4, -0.2) is 39.2 Å². The number of nitrogens with zero attached hydrogens (tertiary/aromatic N) is 2. The van der Waals surface area contributed by atoms with Gasteiger partial charge in [-0.05, 0) is 62.1 Å². The lowest BCUT2D eigenvalue weighted by Gasteiger charge is -2.13. The van der Waals surface area contributed by atoms with Gasteiger partial charge in [-0.1, -0.05) is 64.5 Å². The van der Waals surface area contributed by atoms with Crippen LogP contribution in [-0.2, 0) is 19.7 Å². The highest BCUT2D eigenvalue weighted by Gasteiger charge is 2.46. The molecule has 0 saturated heterocycles. The Morgan fingerprint density at radius 3 is 1.46 bits per heavy atom. The molecular weight excluding hydrogens is 512 g/mol. The molecule has 0 aliphatic heterocycles. The molecule has 0 amide bonds. The van der Waals surface area contributed by atoms with Crippen molar-refractivity contribution in [2.45, 2.75) is 88.9 Å². The minimum atomic E-state index is -4.79. The van der Waals surface area contributed by atoms with Crippen LogP contribution < -0.4 is 9.47 Å². The molecule has 0 saturated carbocycles. The predicted molar refractivity (Wildman–Crippen MR) is 145 cm³/mol. The van der Waals surface area contributed by atoms with Gasteiger partial charge in [0.05, 0.1) is 13.2 Å². The summed E-state index contributed by atoms with van der Waals surface area (Å²) in [6.45, 7) is 8.08. The molecular formula is C27H38N2O6S2. The van der Waals surface area contributed by atoms with Crippen molar-refractivity contribution in [3.8, 4) is 11.5 Å². The van der Waals surface area contributed by atoms with Crippen LogP contribution in [0, 0.1) is 13.8 Å². The molecule has 37 heavy (non-hydrogen) atoms. The molecule has 0 N–H and O–H groups in total. The lowest BCUT2D eigenvalue weighted by atomic mass is 10.2. The molecule has 0 aromatic heterocycles. The minimum Gasteiger partial charge on any atom is -0.492 e. The molecule has 0 aliphatic rings. The van der Waals surface area contributed by atoms with Crippen LogP contribution >= 0.6 is 0 Å². The van der Waals surface area contributed by atoms with Crippen molar-refractivity contribution in [3.05, 3.63) is 53.1 Å². The van der Waals surface area contributed by atoms with E-state index < -0.39 is 24.1 Å². The molecule has 0 aliphatic carbocycles. The Hall–Kier alpha value is -2.68. The highest BCUT2D eigenvalue weighted by Crippen LogP contribution is 2.33. The van der Waals surface area contributed by atoms with Gasteiger partial charge < -0.3 is 15.0 Å². The third kappa shape index (κ3) is 8.15. The van der Waals surface area contributed by atoms with Crippen molar-refractivity contribution in [1.29, 1.82) is 0 Å². The first kappa shape index (κ1) is 30.5. The topological polar surface area (TPSA) is 123 Å². The van der Waals surface area contributed by atoms with Gasteiger partial charge in [-0.25, -0.2) is 16.8 Å². The highest BCUT2D eigenvalue weighted by molar-refractivity contribution is 8.31. The largest absolute Gasteiger partial charge is 0.504 e. The lowest BCUT2D eigenvalue weighted by Crippen LogP contribution is -2.27. The maximum absolute atomic E-state index is 13.6. The summed E-state index contributed by atoms with van der Waals surface area (Å²) in [6, 6.07) is 8.96. The SMILES string of the molecule is CCCCCCOc1ccc(C)cc1S(=O)(=O)C(=[N+]=[N-])S(=O)(=O)c1cc(C)ccc1OCCCCCC. The number of rotatable bonds is 14. The number of aryl methyl sites for hydroxylation is 2. The van der Waals surface area contributed by atoms with E-state index in [9.17, 15) is 22.4 Å². The molecule has 0 spiro atoms. The predicted octanol–water partition coefficient (Wildman–Crippen LogP) is 6.06. The maximum atomic E-state index is 13.6. The first-order chi connectivity index (χ1) is 17.6. The van der Waals surface area contributed by atoms with E-state index in [2.05, 4.69) is 18.6 Å². The van der Waals surface area contributed by atoms with Crippen molar-refractivity contribution in [3.63, 3.8) is 0 Å². The van der Waals surface area contributed by atoms with E-state index in [0.717, 1.165) is 51.4 Å². The second-order valence-electron chi connectivity index (χ2n) is 9.09. The van der Waals surface area contributed by atoms with Crippen LogP contribution in [0.2, 0.25) is 0 Å². The molecule has 2 aromatic carbocycles. The van der Waals surface area contributed by atoms with Crippen LogP contribution in [0.25, 0.3) is 5.53 Å². The number of sulfone groups is 2. The Balaban J connectivity index is 2.46. The third-order valence-electron chi connectivity index (χ3n) is 5.83. The summed E-state index contributed by atoms with van der Waals surface area (Å²) in [5.41, 5.74) is 10.9. The van der Waals surface area contributed by atoms with Gasteiger partial charge in [0.25, 0.3) is 19.7 Å². The third-order valence-corrected chi connectivity index (χ3v) is 10.0. The van der Waals surface area contributed by atoms with E-state index in [1.54, 1.807) is 26.0 Å². The van der Waals surface area contributed by atoms with Crippen molar-refractivity contribution >= 4 is 24.1 Å². The summed E-state index contributed by atoms with van der Waals surface area (Å²) in [4.78, 5) is 2.06. The first-order valence-electron chi connectivity index (χ1n) is 12.8. The summed E-state index contributed by atoms with van der Waals surface area (Å²) < 4.78 is 64.6. The molecule has 2 aromatic rings. The molecule has 0 atom stereocenters. The fourth-order valence-electron chi connectivity index (χ4n) is 3.75. The van der Waals surface area contributed by atoms with Gasteiger partial charge in [0.1, 0.15) is 21.3 Å². The number of hydrogen-bond acceptors (Lipinski definition) is 6. The second kappa shape index (κ2) is 14.3. The van der Waals surface area contributed by atoms with Crippen LogP contribution in [0.1, 0.15) is 76.3 Å². The van der Waals surface area contributed by atoms with E-state index in [-0.39, 0.29) is 34.5 Å². The fraction of sp³-hybridized carbons (Fsp3) is 0.519. The maximum Gasteiger partial charge on any atom is 0.504 e. The van der Waals surface area contributed by atoms with E-state index in [1.165, 1.54) is 24.3 Å². The summed E-state index contributed by atoms with van der Waals surface area (Å²) in [6.07, 6.45) is 7.45.